The Labute approximate surface area is 105 Å². The maximum atomic E-state index is 11.8. The molecule has 1 heterocycles. The van der Waals surface area contributed by atoms with Crippen molar-refractivity contribution in [1.29, 1.82) is 0 Å². The number of hydrogen-bond acceptors (Lipinski definition) is 3. The summed E-state index contributed by atoms with van der Waals surface area (Å²) in [7, 11) is 0. The second-order valence-electron chi connectivity index (χ2n) is 4.79. The van der Waals surface area contributed by atoms with Gasteiger partial charge in [0.05, 0.1) is 6.04 Å². The van der Waals surface area contributed by atoms with Crippen LogP contribution in [0.3, 0.4) is 0 Å². The van der Waals surface area contributed by atoms with Crippen molar-refractivity contribution in [3.63, 3.8) is 0 Å². The Bertz CT molecular complexity index is 442. The van der Waals surface area contributed by atoms with E-state index in [0.717, 1.165) is 19.3 Å². The van der Waals surface area contributed by atoms with Gasteiger partial charge in [0.1, 0.15) is 6.61 Å². The smallest absolute Gasteiger partial charge is 0.411 e. The van der Waals surface area contributed by atoms with Gasteiger partial charge in [-0.1, -0.05) is 18.6 Å². The van der Waals surface area contributed by atoms with Crippen LogP contribution in [0.25, 0.3) is 0 Å². The summed E-state index contributed by atoms with van der Waals surface area (Å²) in [4.78, 5) is 23.8. The summed E-state index contributed by atoms with van der Waals surface area (Å²) >= 11 is 0. The van der Waals surface area contributed by atoms with E-state index in [1.165, 1.54) is 11.0 Å². The number of likely N-dealkylation sites (tertiary alicyclic amines) is 1. The van der Waals surface area contributed by atoms with E-state index in [9.17, 15) is 9.59 Å². The quantitative estimate of drug-likeness (QED) is 0.591. The zero-order valence-corrected chi connectivity index (χ0v) is 10.0. The van der Waals surface area contributed by atoms with E-state index in [4.69, 9.17) is 9.84 Å². The zero-order chi connectivity index (χ0) is 13.2. The van der Waals surface area contributed by atoms with Crippen molar-refractivity contribution >= 4 is 12.1 Å². The summed E-state index contributed by atoms with van der Waals surface area (Å²) < 4.78 is 4.99. The lowest BCUT2D eigenvalue weighted by Gasteiger charge is -2.19. The molecule has 5 nitrogen and oxygen atoms in total. The third-order valence-corrected chi connectivity index (χ3v) is 3.37. The largest absolute Gasteiger partial charge is 0.472 e. The molecule has 0 bridgehead atoms. The van der Waals surface area contributed by atoms with Crippen LogP contribution in [0, 0.1) is 17.3 Å². The van der Waals surface area contributed by atoms with E-state index >= 15 is 0 Å². The van der Waals surface area contributed by atoms with Crippen LogP contribution >= 0.6 is 0 Å². The maximum Gasteiger partial charge on any atom is 0.411 e. The molecule has 2 fully saturated rings. The molecule has 1 unspecified atom stereocenters. The highest BCUT2D eigenvalue weighted by molar-refractivity contribution is 5.86. The molecule has 1 saturated carbocycles. The number of rotatable bonds is 2. The summed E-state index contributed by atoms with van der Waals surface area (Å²) in [5, 5.41) is 8.56. The Kier molecular flexibility index (Phi) is 3.28. The molecule has 0 aromatic heterocycles. The van der Waals surface area contributed by atoms with Crippen molar-refractivity contribution in [2.45, 2.75) is 25.3 Å². The number of nitrogens with zero attached hydrogens (tertiary/aromatic N) is 1. The molecule has 0 aromatic carbocycles. The van der Waals surface area contributed by atoms with Gasteiger partial charge in [-0.2, -0.15) is 0 Å². The minimum absolute atomic E-state index is 0.154. The van der Waals surface area contributed by atoms with Gasteiger partial charge in [0, 0.05) is 12.5 Å². The summed E-state index contributed by atoms with van der Waals surface area (Å²) in [6.07, 6.45) is 3.95. The number of carboxylic acids is 1. The predicted molar refractivity (Wildman–Crippen MR) is 63.7 cm³/mol. The molecule has 2 rings (SSSR count). The van der Waals surface area contributed by atoms with Crippen molar-refractivity contribution in [3.05, 3.63) is 12.7 Å². The number of carbonyl (C=O) groups excluding carboxylic acids is 1. The first-order valence-electron chi connectivity index (χ1n) is 5.85. The van der Waals surface area contributed by atoms with Crippen LogP contribution in [0.2, 0.25) is 0 Å². The van der Waals surface area contributed by atoms with Gasteiger partial charge in [-0.15, -0.1) is 0 Å². The first kappa shape index (κ1) is 12.5. The third kappa shape index (κ3) is 2.65. The lowest BCUT2D eigenvalue weighted by molar-refractivity contribution is -0.130. The molecule has 18 heavy (non-hydrogen) atoms. The standard InChI is InChI=1S/C13H15NO4/c1-2-7-18-12(17)14-9-13(5-6-13)8-10(14)3-4-11(15)16/h2,10H,1,5-9H2,(H,15,16). The summed E-state index contributed by atoms with van der Waals surface area (Å²) in [5.41, 5.74) is 0.158. The highest BCUT2D eigenvalue weighted by atomic mass is 16.6. The predicted octanol–water partition coefficient (Wildman–Crippen LogP) is 1.25. The van der Waals surface area contributed by atoms with Crippen molar-refractivity contribution < 1.29 is 19.4 Å². The highest BCUT2D eigenvalue weighted by Crippen LogP contribution is 2.54. The lowest BCUT2D eigenvalue weighted by Crippen LogP contribution is -2.35. The average Bonchev–Trinajstić information content (AvgIpc) is 2.96. The molecule has 96 valence electrons. The van der Waals surface area contributed by atoms with Gasteiger partial charge in [0.2, 0.25) is 0 Å². The summed E-state index contributed by atoms with van der Waals surface area (Å²) in [5.74, 6) is 3.55. The van der Waals surface area contributed by atoms with Gasteiger partial charge >= 0.3 is 12.1 Å². The monoisotopic (exact) mass is 249 g/mol. The molecular weight excluding hydrogens is 234 g/mol. The molecule has 1 amide bonds. The minimum atomic E-state index is -1.17. The van der Waals surface area contributed by atoms with E-state index in [1.807, 2.05) is 0 Å². The van der Waals surface area contributed by atoms with Crippen LogP contribution in [0.1, 0.15) is 19.3 Å². The van der Waals surface area contributed by atoms with Crippen LogP contribution in [0.4, 0.5) is 4.79 Å². The maximum absolute atomic E-state index is 11.8. The minimum Gasteiger partial charge on any atom is -0.472 e. The molecular formula is C13H15NO4. The molecule has 1 N–H and O–H groups in total. The number of carbonyl (C=O) groups is 2. The SMILES string of the molecule is C=CCOC(=O)N1CC2(CC2)CC1C#CC(=O)O. The van der Waals surface area contributed by atoms with Crippen LogP contribution < -0.4 is 0 Å². The molecule has 0 radical (unpaired) electrons. The van der Waals surface area contributed by atoms with Crippen LogP contribution in [0.5, 0.6) is 0 Å². The van der Waals surface area contributed by atoms with Gasteiger partial charge in [-0.05, 0) is 24.7 Å². The molecule has 2 aliphatic rings. The first-order valence-corrected chi connectivity index (χ1v) is 5.85. The zero-order valence-electron chi connectivity index (χ0n) is 10.0. The molecule has 1 atom stereocenters. The van der Waals surface area contributed by atoms with Crippen LogP contribution in [-0.2, 0) is 9.53 Å². The summed E-state index contributed by atoms with van der Waals surface area (Å²) in [6.45, 7) is 4.24. The molecule has 1 aliphatic heterocycles. The molecule has 5 heteroatoms. The molecule has 0 aromatic rings. The fraction of sp³-hybridized carbons (Fsp3) is 0.538. The molecule has 1 aliphatic carbocycles. The second kappa shape index (κ2) is 4.73. The fourth-order valence-corrected chi connectivity index (χ4v) is 2.27. The Hall–Kier alpha value is -1.96. The van der Waals surface area contributed by atoms with Crippen molar-refractivity contribution in [2.24, 2.45) is 5.41 Å². The number of carboxylic acid groups (broad SMARTS) is 1. The van der Waals surface area contributed by atoms with Crippen LogP contribution in [-0.4, -0.2) is 41.3 Å². The van der Waals surface area contributed by atoms with Crippen molar-refractivity contribution in [1.82, 2.24) is 4.90 Å². The van der Waals surface area contributed by atoms with E-state index in [-0.39, 0.29) is 18.1 Å². The topological polar surface area (TPSA) is 66.8 Å². The van der Waals surface area contributed by atoms with Gasteiger partial charge in [0.25, 0.3) is 0 Å². The van der Waals surface area contributed by atoms with Gasteiger partial charge < -0.3 is 9.84 Å². The van der Waals surface area contributed by atoms with E-state index in [1.54, 1.807) is 0 Å². The third-order valence-electron chi connectivity index (χ3n) is 3.37. The Morgan fingerprint density at radius 3 is 2.83 bits per heavy atom. The second-order valence-corrected chi connectivity index (χ2v) is 4.79. The van der Waals surface area contributed by atoms with Gasteiger partial charge in [0.15, 0.2) is 0 Å². The lowest BCUT2D eigenvalue weighted by atomic mass is 10.0. The summed E-state index contributed by atoms with van der Waals surface area (Å²) in [6, 6.07) is -0.346. The number of hydrogen-bond donors (Lipinski definition) is 1. The van der Waals surface area contributed by atoms with Crippen molar-refractivity contribution in [2.75, 3.05) is 13.2 Å². The normalized spacial score (nSPS) is 23.1. The fourth-order valence-electron chi connectivity index (χ4n) is 2.27. The highest BCUT2D eigenvalue weighted by Gasteiger charge is 2.53. The molecule has 1 saturated heterocycles. The number of amides is 1. The average molecular weight is 249 g/mol. The number of aliphatic carboxylic acids is 1. The van der Waals surface area contributed by atoms with Gasteiger partial charge in [-0.25, -0.2) is 9.59 Å². The van der Waals surface area contributed by atoms with E-state index in [2.05, 4.69) is 18.4 Å². The Morgan fingerprint density at radius 1 is 1.56 bits per heavy atom. The van der Waals surface area contributed by atoms with E-state index in [0.29, 0.717) is 6.54 Å². The first-order chi connectivity index (χ1) is 8.56. The van der Waals surface area contributed by atoms with Crippen molar-refractivity contribution in [3.8, 4) is 11.8 Å². The Morgan fingerprint density at radius 2 is 2.28 bits per heavy atom. The van der Waals surface area contributed by atoms with E-state index < -0.39 is 12.1 Å². The van der Waals surface area contributed by atoms with Gasteiger partial charge in [-0.3, -0.25) is 4.90 Å². The number of ether oxygens (including phenoxy) is 1. The van der Waals surface area contributed by atoms with Crippen LogP contribution in [0.15, 0.2) is 12.7 Å². The Balaban J connectivity index is 2.06. The molecule has 1 spiro atoms.